The van der Waals surface area contributed by atoms with Gasteiger partial charge in [-0.05, 0) is 17.2 Å². The van der Waals surface area contributed by atoms with E-state index in [0.29, 0.717) is 12.2 Å². The summed E-state index contributed by atoms with van der Waals surface area (Å²) in [6, 6.07) is 16.8. The third kappa shape index (κ3) is 6.02. The van der Waals surface area contributed by atoms with Gasteiger partial charge >= 0.3 is 6.18 Å². The van der Waals surface area contributed by atoms with Crippen LogP contribution >= 0.6 is 0 Å². The molecule has 1 N–H and O–H groups in total. The van der Waals surface area contributed by atoms with Gasteiger partial charge in [-0.2, -0.15) is 13.2 Å². The molecule has 0 aliphatic heterocycles. The zero-order valence-electron chi connectivity index (χ0n) is 12.3. The van der Waals surface area contributed by atoms with Crippen LogP contribution in [-0.2, 0) is 11.2 Å². The van der Waals surface area contributed by atoms with Crippen molar-refractivity contribution < 1.29 is 22.7 Å². The number of hydrogen-bond acceptors (Lipinski definition) is 2. The van der Waals surface area contributed by atoms with Crippen molar-refractivity contribution in [3.63, 3.8) is 0 Å². The predicted molar refractivity (Wildman–Crippen MR) is 80.2 cm³/mol. The maximum Gasteiger partial charge on any atom is 0.405 e. The predicted octanol–water partition coefficient (Wildman–Crippen LogP) is 3.33. The van der Waals surface area contributed by atoms with Crippen molar-refractivity contribution in [1.82, 2.24) is 5.32 Å². The smallest absolute Gasteiger partial charge is 0.405 e. The number of carbonyl (C=O) groups excluding carboxylic acids is 1. The molecule has 23 heavy (non-hydrogen) atoms. The number of para-hydroxylation sites is 1. The second kappa shape index (κ2) is 7.67. The van der Waals surface area contributed by atoms with Crippen LogP contribution in [0, 0.1) is 0 Å². The van der Waals surface area contributed by atoms with Crippen molar-refractivity contribution >= 4 is 5.91 Å². The molecule has 0 aromatic heterocycles. The molecular weight excluding hydrogens is 307 g/mol. The summed E-state index contributed by atoms with van der Waals surface area (Å²) in [5.74, 6) is -0.324. The Labute approximate surface area is 132 Å². The maximum absolute atomic E-state index is 12.0. The molecule has 2 aromatic rings. The van der Waals surface area contributed by atoms with Gasteiger partial charge in [-0.15, -0.1) is 0 Å². The summed E-state index contributed by atoms with van der Waals surface area (Å²) >= 11 is 0. The van der Waals surface area contributed by atoms with Crippen LogP contribution in [0.15, 0.2) is 54.6 Å². The molecule has 2 aromatic carbocycles. The number of halogens is 3. The fourth-order valence-electron chi connectivity index (χ4n) is 2.00. The molecule has 6 heteroatoms. The van der Waals surface area contributed by atoms with Gasteiger partial charge in [-0.1, -0.05) is 48.5 Å². The van der Waals surface area contributed by atoms with Gasteiger partial charge in [-0.3, -0.25) is 4.79 Å². The summed E-state index contributed by atoms with van der Waals surface area (Å²) in [6.45, 7) is -1.82. The van der Waals surface area contributed by atoms with Crippen molar-refractivity contribution in [3.8, 4) is 5.75 Å². The Morgan fingerprint density at radius 3 is 2.35 bits per heavy atom. The molecule has 122 valence electrons. The molecule has 0 spiro atoms. The topological polar surface area (TPSA) is 38.3 Å². The first-order valence-electron chi connectivity index (χ1n) is 7.02. The van der Waals surface area contributed by atoms with E-state index < -0.39 is 25.2 Å². The van der Waals surface area contributed by atoms with E-state index in [-0.39, 0.29) is 0 Å². The summed E-state index contributed by atoms with van der Waals surface area (Å²) < 4.78 is 41.4. The number of alkyl halides is 3. The molecule has 0 aliphatic rings. The molecule has 0 fully saturated rings. The van der Waals surface area contributed by atoms with E-state index in [4.69, 9.17) is 4.74 Å². The largest absolute Gasteiger partial charge is 0.483 e. The van der Waals surface area contributed by atoms with Gasteiger partial charge in [0.05, 0.1) is 0 Å². The lowest BCUT2D eigenvalue weighted by molar-refractivity contribution is -0.139. The van der Waals surface area contributed by atoms with Crippen molar-refractivity contribution in [3.05, 3.63) is 65.7 Å². The van der Waals surface area contributed by atoms with E-state index in [0.717, 1.165) is 11.1 Å². The first-order valence-corrected chi connectivity index (χ1v) is 7.02. The molecule has 0 radical (unpaired) electrons. The normalized spacial score (nSPS) is 11.1. The Bertz CT molecular complexity index is 642. The van der Waals surface area contributed by atoms with Crippen LogP contribution in [0.1, 0.15) is 11.1 Å². The monoisotopic (exact) mass is 323 g/mol. The van der Waals surface area contributed by atoms with Crippen LogP contribution in [0.5, 0.6) is 5.75 Å². The van der Waals surface area contributed by atoms with E-state index in [1.165, 1.54) is 0 Å². The van der Waals surface area contributed by atoms with E-state index in [2.05, 4.69) is 0 Å². The molecule has 3 nitrogen and oxygen atoms in total. The minimum atomic E-state index is -4.43. The SMILES string of the molecule is O=C(COc1ccccc1Cc1ccccc1)NCC(F)(F)F. The lowest BCUT2D eigenvalue weighted by Crippen LogP contribution is -2.36. The second-order valence-corrected chi connectivity index (χ2v) is 4.95. The quantitative estimate of drug-likeness (QED) is 0.885. The maximum atomic E-state index is 12.0. The molecule has 0 saturated carbocycles. The Morgan fingerprint density at radius 2 is 1.65 bits per heavy atom. The second-order valence-electron chi connectivity index (χ2n) is 4.95. The average molecular weight is 323 g/mol. The Hall–Kier alpha value is -2.50. The van der Waals surface area contributed by atoms with E-state index >= 15 is 0 Å². The van der Waals surface area contributed by atoms with Gasteiger partial charge in [0.15, 0.2) is 6.61 Å². The fraction of sp³-hybridized carbons (Fsp3) is 0.235. The number of amides is 1. The molecular formula is C17H16F3NO2. The lowest BCUT2D eigenvalue weighted by Gasteiger charge is -2.12. The van der Waals surface area contributed by atoms with Crippen LogP contribution < -0.4 is 10.1 Å². The van der Waals surface area contributed by atoms with Crippen LogP contribution in [0.3, 0.4) is 0 Å². The van der Waals surface area contributed by atoms with Gasteiger partial charge in [0.2, 0.25) is 0 Å². The van der Waals surface area contributed by atoms with E-state index in [1.54, 1.807) is 17.4 Å². The number of nitrogens with one attached hydrogen (secondary N) is 1. The number of hydrogen-bond donors (Lipinski definition) is 1. The molecule has 0 unspecified atom stereocenters. The summed E-state index contributed by atoms with van der Waals surface area (Å²) in [4.78, 5) is 11.4. The van der Waals surface area contributed by atoms with Crippen LogP contribution in [0.4, 0.5) is 13.2 Å². The van der Waals surface area contributed by atoms with Crippen LogP contribution in [-0.4, -0.2) is 25.2 Å². The molecule has 0 atom stereocenters. The Morgan fingerprint density at radius 1 is 1.00 bits per heavy atom. The number of ether oxygens (including phenoxy) is 1. The van der Waals surface area contributed by atoms with Crippen LogP contribution in [0.2, 0.25) is 0 Å². The highest BCUT2D eigenvalue weighted by Gasteiger charge is 2.27. The van der Waals surface area contributed by atoms with Gasteiger partial charge in [0.25, 0.3) is 5.91 Å². The van der Waals surface area contributed by atoms with Crippen LogP contribution in [0.25, 0.3) is 0 Å². The van der Waals surface area contributed by atoms with Gasteiger partial charge in [-0.25, -0.2) is 0 Å². The van der Waals surface area contributed by atoms with E-state index in [1.807, 2.05) is 42.5 Å². The highest BCUT2D eigenvalue weighted by molar-refractivity contribution is 5.77. The van der Waals surface area contributed by atoms with Crippen molar-refractivity contribution in [2.45, 2.75) is 12.6 Å². The minimum Gasteiger partial charge on any atom is -0.483 e. The summed E-state index contributed by atoms with van der Waals surface area (Å²) in [5.41, 5.74) is 1.94. The molecule has 2 rings (SSSR count). The Balaban J connectivity index is 1.94. The molecule has 1 amide bonds. The number of rotatable bonds is 6. The number of carbonyl (C=O) groups is 1. The highest BCUT2D eigenvalue weighted by Crippen LogP contribution is 2.21. The molecule has 0 bridgehead atoms. The fourth-order valence-corrected chi connectivity index (χ4v) is 2.00. The third-order valence-electron chi connectivity index (χ3n) is 3.05. The van der Waals surface area contributed by atoms with Crippen molar-refractivity contribution in [1.29, 1.82) is 0 Å². The number of benzene rings is 2. The van der Waals surface area contributed by atoms with E-state index in [9.17, 15) is 18.0 Å². The zero-order chi connectivity index (χ0) is 16.7. The van der Waals surface area contributed by atoms with Crippen molar-refractivity contribution in [2.24, 2.45) is 0 Å². The third-order valence-corrected chi connectivity index (χ3v) is 3.05. The molecule has 0 aliphatic carbocycles. The van der Waals surface area contributed by atoms with Gasteiger partial charge < -0.3 is 10.1 Å². The summed E-state index contributed by atoms with van der Waals surface area (Å²) in [6.07, 6.45) is -3.82. The highest BCUT2D eigenvalue weighted by atomic mass is 19.4. The minimum absolute atomic E-state index is 0.456. The first kappa shape index (κ1) is 16.9. The molecule has 0 heterocycles. The lowest BCUT2D eigenvalue weighted by atomic mass is 10.0. The first-order chi connectivity index (χ1) is 10.9. The standard InChI is InChI=1S/C17H16F3NO2/c18-17(19,20)12-21-16(22)11-23-15-9-5-4-8-14(15)10-13-6-2-1-3-7-13/h1-9H,10-12H2,(H,21,22). The molecule has 0 saturated heterocycles. The zero-order valence-corrected chi connectivity index (χ0v) is 12.3. The van der Waals surface area contributed by atoms with Crippen molar-refractivity contribution in [2.75, 3.05) is 13.2 Å². The Kier molecular flexibility index (Phi) is 5.62. The summed E-state index contributed by atoms with van der Waals surface area (Å²) in [7, 11) is 0. The summed E-state index contributed by atoms with van der Waals surface area (Å²) in [5, 5.41) is 1.77. The average Bonchev–Trinajstić information content (AvgIpc) is 2.52. The van der Waals surface area contributed by atoms with Gasteiger partial charge in [0, 0.05) is 6.42 Å². The van der Waals surface area contributed by atoms with Gasteiger partial charge in [0.1, 0.15) is 12.3 Å².